The molecule has 0 saturated carbocycles. The summed E-state index contributed by atoms with van der Waals surface area (Å²) in [5, 5.41) is 16.1. The van der Waals surface area contributed by atoms with Gasteiger partial charge in [0.05, 0.1) is 11.6 Å². The molecule has 0 amide bonds. The summed E-state index contributed by atoms with van der Waals surface area (Å²) in [6.07, 6.45) is 0. The van der Waals surface area contributed by atoms with Crippen LogP contribution in [0.5, 0.6) is 0 Å². The van der Waals surface area contributed by atoms with Crippen molar-refractivity contribution in [2.24, 2.45) is 0 Å². The predicted octanol–water partition coefficient (Wildman–Crippen LogP) is 13.3. The van der Waals surface area contributed by atoms with Gasteiger partial charge in [-0.25, -0.2) is 0 Å². The lowest BCUT2D eigenvalue weighted by atomic mass is 9.94. The number of anilines is 3. The Hall–Kier alpha value is -7.09. The van der Waals surface area contributed by atoms with E-state index in [2.05, 4.69) is 126 Å². The number of para-hydroxylation sites is 2. The van der Waals surface area contributed by atoms with E-state index in [1.807, 2.05) is 54.6 Å². The Balaban J connectivity index is 1.10. The maximum atomic E-state index is 9.25. The molecule has 0 N–H and O–H groups in total. The zero-order chi connectivity index (χ0) is 33.9. The summed E-state index contributed by atoms with van der Waals surface area (Å²) in [6, 6.07) is 60.9. The Labute approximate surface area is 293 Å². The van der Waals surface area contributed by atoms with E-state index in [0.29, 0.717) is 5.56 Å². The van der Waals surface area contributed by atoms with Crippen LogP contribution in [-0.2, 0) is 0 Å². The van der Waals surface area contributed by atoms with Crippen molar-refractivity contribution < 1.29 is 8.83 Å². The van der Waals surface area contributed by atoms with Crippen LogP contribution in [0.1, 0.15) is 5.56 Å². The first-order chi connectivity index (χ1) is 25.2. The molecule has 0 bridgehead atoms. The average molecular weight is 653 g/mol. The highest BCUT2D eigenvalue weighted by molar-refractivity contribution is 6.22. The summed E-state index contributed by atoms with van der Waals surface area (Å²) in [4.78, 5) is 2.27. The van der Waals surface area contributed by atoms with Crippen LogP contribution in [0.15, 0.2) is 179 Å². The molecule has 238 valence electrons. The maximum Gasteiger partial charge on any atom is 0.137 e. The molecule has 4 heteroatoms. The first-order valence-electron chi connectivity index (χ1n) is 17.0. The number of nitriles is 1. The van der Waals surface area contributed by atoms with E-state index in [0.717, 1.165) is 77.6 Å². The molecule has 0 aliphatic rings. The van der Waals surface area contributed by atoms with Gasteiger partial charge in [0, 0.05) is 50.1 Å². The number of furan rings is 2. The van der Waals surface area contributed by atoms with Crippen LogP contribution in [0.25, 0.3) is 76.9 Å². The van der Waals surface area contributed by atoms with Gasteiger partial charge in [-0.2, -0.15) is 5.26 Å². The maximum absolute atomic E-state index is 9.25. The van der Waals surface area contributed by atoms with E-state index >= 15 is 0 Å². The van der Waals surface area contributed by atoms with Crippen molar-refractivity contribution in [3.8, 4) is 28.3 Å². The quantitative estimate of drug-likeness (QED) is 0.186. The smallest absolute Gasteiger partial charge is 0.137 e. The van der Waals surface area contributed by atoms with E-state index in [9.17, 15) is 5.26 Å². The van der Waals surface area contributed by atoms with Crippen molar-refractivity contribution in [1.29, 1.82) is 5.26 Å². The highest BCUT2D eigenvalue weighted by Gasteiger charge is 2.18. The number of fused-ring (bicyclic) bond motifs is 8. The van der Waals surface area contributed by atoms with Gasteiger partial charge in [0.25, 0.3) is 0 Å². The van der Waals surface area contributed by atoms with Gasteiger partial charge in [0.15, 0.2) is 0 Å². The first kappa shape index (κ1) is 28.9. The Morgan fingerprint density at radius 1 is 0.412 bits per heavy atom. The van der Waals surface area contributed by atoms with Gasteiger partial charge in [-0.05, 0) is 94.4 Å². The monoisotopic (exact) mass is 652 g/mol. The second-order valence-electron chi connectivity index (χ2n) is 12.8. The van der Waals surface area contributed by atoms with Crippen LogP contribution in [0, 0.1) is 11.3 Å². The van der Waals surface area contributed by atoms with Crippen LogP contribution >= 0.6 is 0 Å². The van der Waals surface area contributed by atoms with Gasteiger partial charge in [0.1, 0.15) is 22.3 Å². The number of rotatable bonds is 5. The van der Waals surface area contributed by atoms with Crippen molar-refractivity contribution in [2.75, 3.05) is 4.90 Å². The molecule has 0 fully saturated rings. The third-order valence-electron chi connectivity index (χ3n) is 9.91. The summed E-state index contributed by atoms with van der Waals surface area (Å²) < 4.78 is 12.6. The van der Waals surface area contributed by atoms with Crippen molar-refractivity contribution in [3.05, 3.63) is 175 Å². The lowest BCUT2D eigenvalue weighted by molar-refractivity contribution is 0.668. The average Bonchev–Trinajstić information content (AvgIpc) is 3.77. The number of hydrogen-bond donors (Lipinski definition) is 0. The molecule has 4 nitrogen and oxygen atoms in total. The van der Waals surface area contributed by atoms with E-state index in [1.54, 1.807) is 0 Å². The van der Waals surface area contributed by atoms with Crippen LogP contribution in [0.4, 0.5) is 17.1 Å². The molecule has 10 rings (SSSR count). The highest BCUT2D eigenvalue weighted by Crippen LogP contribution is 2.42. The normalized spacial score (nSPS) is 11.5. The van der Waals surface area contributed by atoms with Crippen LogP contribution in [0.2, 0.25) is 0 Å². The van der Waals surface area contributed by atoms with Crippen molar-refractivity contribution in [2.45, 2.75) is 0 Å². The van der Waals surface area contributed by atoms with Crippen molar-refractivity contribution in [1.82, 2.24) is 0 Å². The second-order valence-corrected chi connectivity index (χ2v) is 12.8. The topological polar surface area (TPSA) is 53.3 Å². The molecule has 2 heterocycles. The van der Waals surface area contributed by atoms with E-state index in [1.165, 1.54) is 16.3 Å². The molecule has 0 aliphatic heterocycles. The van der Waals surface area contributed by atoms with Gasteiger partial charge < -0.3 is 13.7 Å². The lowest BCUT2D eigenvalue weighted by Crippen LogP contribution is -2.09. The summed E-state index contributed by atoms with van der Waals surface area (Å²) in [5.41, 5.74) is 11.6. The first-order valence-corrected chi connectivity index (χ1v) is 17.0. The Morgan fingerprint density at radius 2 is 1.00 bits per heavy atom. The van der Waals surface area contributed by atoms with Crippen LogP contribution in [0.3, 0.4) is 0 Å². The molecule has 10 aromatic rings. The van der Waals surface area contributed by atoms with E-state index in [4.69, 9.17) is 8.83 Å². The van der Waals surface area contributed by atoms with E-state index < -0.39 is 0 Å². The van der Waals surface area contributed by atoms with Gasteiger partial charge in [-0.1, -0.05) is 97.1 Å². The third kappa shape index (κ3) is 4.75. The molecule has 0 saturated heterocycles. The molecule has 0 aliphatic carbocycles. The molecular weight excluding hydrogens is 625 g/mol. The fourth-order valence-corrected chi connectivity index (χ4v) is 7.46. The molecular formula is C47H28N2O2. The Kier molecular flexibility index (Phi) is 6.52. The predicted molar refractivity (Wildman–Crippen MR) is 209 cm³/mol. The van der Waals surface area contributed by atoms with Gasteiger partial charge >= 0.3 is 0 Å². The molecule has 2 aromatic heterocycles. The Bertz CT molecular complexity index is 2960. The zero-order valence-corrected chi connectivity index (χ0v) is 27.4. The van der Waals surface area contributed by atoms with Crippen LogP contribution < -0.4 is 4.90 Å². The third-order valence-corrected chi connectivity index (χ3v) is 9.91. The number of nitrogens with zero attached hydrogens (tertiary/aromatic N) is 2. The number of hydrogen-bond acceptors (Lipinski definition) is 4. The molecule has 0 unspecified atom stereocenters. The van der Waals surface area contributed by atoms with Crippen LogP contribution in [-0.4, -0.2) is 0 Å². The van der Waals surface area contributed by atoms with E-state index in [-0.39, 0.29) is 0 Å². The fraction of sp³-hybridized carbons (Fsp3) is 0. The molecule has 0 atom stereocenters. The molecule has 0 spiro atoms. The lowest BCUT2D eigenvalue weighted by Gasteiger charge is -2.26. The Morgan fingerprint density at radius 3 is 1.73 bits per heavy atom. The highest BCUT2D eigenvalue weighted by atomic mass is 16.3. The largest absolute Gasteiger partial charge is 0.456 e. The molecule has 51 heavy (non-hydrogen) atoms. The van der Waals surface area contributed by atoms with Gasteiger partial charge in [0.2, 0.25) is 0 Å². The minimum absolute atomic E-state index is 0.650. The molecule has 0 radical (unpaired) electrons. The minimum Gasteiger partial charge on any atom is -0.456 e. The standard InChI is InChI=1S/C47H28N2O2/c48-29-30-12-14-31(15-13-30)32-16-21-35(22-17-32)49(37-25-26-40-39-7-1-3-10-42(39)51-45(40)28-37)36-23-18-33(19-24-36)38-9-5-6-34-20-27-44-47(46(34)38)41-8-2-4-11-43(41)50-44/h1-28H. The fourth-order valence-electron chi connectivity index (χ4n) is 7.46. The second kappa shape index (κ2) is 11.5. The SMILES string of the molecule is N#Cc1ccc(-c2ccc(N(c3ccc(-c4cccc5ccc6oc7ccccc7c6c45)cc3)c3ccc4c(c3)oc3ccccc34)cc2)cc1. The summed E-state index contributed by atoms with van der Waals surface area (Å²) in [7, 11) is 0. The molecule has 8 aromatic carbocycles. The van der Waals surface area contributed by atoms with Gasteiger partial charge in [-0.15, -0.1) is 0 Å². The summed E-state index contributed by atoms with van der Waals surface area (Å²) in [5.74, 6) is 0. The van der Waals surface area contributed by atoms with Crippen molar-refractivity contribution in [3.63, 3.8) is 0 Å². The zero-order valence-electron chi connectivity index (χ0n) is 27.4. The summed E-state index contributed by atoms with van der Waals surface area (Å²) in [6.45, 7) is 0. The summed E-state index contributed by atoms with van der Waals surface area (Å²) >= 11 is 0. The van der Waals surface area contributed by atoms with Crippen molar-refractivity contribution >= 4 is 71.7 Å². The minimum atomic E-state index is 0.650. The number of benzene rings is 8. The van der Waals surface area contributed by atoms with Gasteiger partial charge in [-0.3, -0.25) is 0 Å².